The molecule has 4 aliphatic heterocycles. The summed E-state index contributed by atoms with van der Waals surface area (Å²) in [5, 5.41) is 116. The van der Waals surface area contributed by atoms with E-state index in [0.29, 0.717) is 12.8 Å². The van der Waals surface area contributed by atoms with E-state index in [0.717, 1.165) is 0 Å². The summed E-state index contributed by atoms with van der Waals surface area (Å²) in [6, 6.07) is -1.15. The number of ether oxygens (including phenoxy) is 4. The van der Waals surface area contributed by atoms with Crippen molar-refractivity contribution in [2.45, 2.75) is 209 Å². The zero-order chi connectivity index (χ0) is 55.6. The van der Waals surface area contributed by atoms with Gasteiger partial charge in [0.25, 0.3) is 0 Å². The highest BCUT2D eigenvalue weighted by atomic mass is 16.7. The van der Waals surface area contributed by atoms with Gasteiger partial charge in [0, 0.05) is 55.5 Å². The summed E-state index contributed by atoms with van der Waals surface area (Å²) in [7, 11) is 0. The molecule has 0 aromatic carbocycles. The molecule has 0 saturated carbocycles. The second kappa shape index (κ2) is 30.3. The van der Waals surface area contributed by atoms with Gasteiger partial charge in [-0.05, 0) is 59.8 Å². The maximum absolute atomic E-state index is 14.1. The Morgan fingerprint density at radius 1 is 0.707 bits per heavy atom. The van der Waals surface area contributed by atoms with Crippen LogP contribution in [0.3, 0.4) is 0 Å². The van der Waals surface area contributed by atoms with Crippen molar-refractivity contribution in [3.8, 4) is 0 Å². The number of cyclic esters (lactones) is 1. The first-order valence-electron chi connectivity index (χ1n) is 26.4. The molecule has 2 bridgehead atoms. The highest BCUT2D eigenvalue weighted by molar-refractivity contribution is 5.82. The number of hydrogen-bond donors (Lipinski definition) is 13. The summed E-state index contributed by atoms with van der Waals surface area (Å²) in [6.45, 7) is 10.7. The predicted molar refractivity (Wildman–Crippen MR) is 277 cm³/mol. The summed E-state index contributed by atoms with van der Waals surface area (Å²) in [4.78, 5) is 39.4. The Hall–Kier alpha value is -3.97. The van der Waals surface area contributed by atoms with Gasteiger partial charge < -0.3 is 86.4 Å². The molecule has 20 heteroatoms. The molecular formula is C55H87N3O17. The Morgan fingerprint density at radius 3 is 1.91 bits per heavy atom. The van der Waals surface area contributed by atoms with E-state index in [1.807, 2.05) is 51.2 Å². The van der Waals surface area contributed by atoms with Crippen molar-refractivity contribution in [3.05, 3.63) is 85.1 Å². The number of esters is 1. The summed E-state index contributed by atoms with van der Waals surface area (Å²) in [6.07, 6.45) is 4.96. The van der Waals surface area contributed by atoms with Gasteiger partial charge in [-0.15, -0.1) is 0 Å². The molecule has 1 unspecified atom stereocenters. The Labute approximate surface area is 441 Å². The standard InChI is InChI=1S/C55H87N3O17/c1-32-19-17-15-13-11-9-7-8-10-12-14-16-18-20-40(74-53-50(68)47(56)49(67)35(4)73-53)28-44-46(52(70)57-24-23-36-29-54(5,6)58-51(36)69)43(64)31-55(71,75-44)30-39(61)26-42(63)41(62)22-21-37(59)25-38(60)27-45(65)72-34(3)33(2)48(32)66/h7-20,32-44,46-50,53,59-64,66-68,71H,21-31,56H2,1-6H3,(H,57,70)(H,58,69)/b8-7+,11-9+,12-10+,15-13+,16-14+,19-17+,20-18+/t32-,33-,34-,35+,36?,37+,38+,39-,40-,41+,42+,43-,44-,46+,47-,48+,49+,50-,53-,55+/m0/s1. The normalized spacial score (nSPS) is 43.7. The number of nitrogens with two attached hydrogens (primary N) is 1. The summed E-state index contributed by atoms with van der Waals surface area (Å²) in [5.74, 6) is -6.30. The van der Waals surface area contributed by atoms with Crippen molar-refractivity contribution in [2.24, 2.45) is 29.4 Å². The number of rotatable bonds is 6. The lowest BCUT2D eigenvalue weighted by molar-refractivity contribution is -0.307. The van der Waals surface area contributed by atoms with Crippen LogP contribution in [0.4, 0.5) is 0 Å². The molecule has 0 spiro atoms. The first-order valence-corrected chi connectivity index (χ1v) is 26.4. The van der Waals surface area contributed by atoms with Crippen LogP contribution < -0.4 is 16.4 Å². The van der Waals surface area contributed by atoms with Gasteiger partial charge in [-0.2, -0.15) is 0 Å². The Kier molecular flexibility index (Phi) is 25.6. The van der Waals surface area contributed by atoms with Crippen LogP contribution in [-0.4, -0.2) is 178 Å². The van der Waals surface area contributed by atoms with Crippen molar-refractivity contribution in [1.29, 1.82) is 0 Å². The van der Waals surface area contributed by atoms with Crippen molar-refractivity contribution >= 4 is 17.8 Å². The average molecular weight is 1060 g/mol. The van der Waals surface area contributed by atoms with E-state index in [-0.39, 0.29) is 50.0 Å². The third kappa shape index (κ3) is 20.7. The fourth-order valence-corrected chi connectivity index (χ4v) is 9.91. The zero-order valence-electron chi connectivity index (χ0n) is 44.2. The molecule has 2 amide bonds. The van der Waals surface area contributed by atoms with Crippen LogP contribution in [0.1, 0.15) is 106 Å². The van der Waals surface area contributed by atoms with Gasteiger partial charge in [0.05, 0.1) is 85.5 Å². The minimum atomic E-state index is -2.31. The molecular weight excluding hydrogens is 975 g/mol. The van der Waals surface area contributed by atoms with Gasteiger partial charge in [0.15, 0.2) is 12.1 Å². The highest BCUT2D eigenvalue weighted by Crippen LogP contribution is 2.38. The summed E-state index contributed by atoms with van der Waals surface area (Å²) < 4.78 is 23.8. The first-order chi connectivity index (χ1) is 35.3. The molecule has 3 fully saturated rings. The number of hydrogen-bond acceptors (Lipinski definition) is 18. The minimum absolute atomic E-state index is 0.0709. The van der Waals surface area contributed by atoms with Crippen LogP contribution in [0, 0.1) is 23.7 Å². The number of allylic oxidation sites excluding steroid dienone is 12. The molecule has 0 aliphatic carbocycles. The highest BCUT2D eigenvalue weighted by Gasteiger charge is 2.51. The third-order valence-electron chi connectivity index (χ3n) is 14.4. The first kappa shape index (κ1) is 63.6. The molecule has 14 N–H and O–H groups in total. The van der Waals surface area contributed by atoms with Crippen LogP contribution >= 0.6 is 0 Å². The Bertz CT molecular complexity index is 2010. The Morgan fingerprint density at radius 2 is 1.31 bits per heavy atom. The van der Waals surface area contributed by atoms with Crippen LogP contribution in [0.15, 0.2) is 85.1 Å². The van der Waals surface area contributed by atoms with Gasteiger partial charge in [0.2, 0.25) is 11.8 Å². The molecule has 75 heavy (non-hydrogen) atoms. The van der Waals surface area contributed by atoms with Crippen molar-refractivity contribution in [3.63, 3.8) is 0 Å². The number of aliphatic hydroxyl groups is 10. The molecule has 0 aromatic heterocycles. The maximum atomic E-state index is 14.1. The molecule has 4 aliphatic rings. The van der Waals surface area contributed by atoms with E-state index in [9.17, 15) is 65.4 Å². The number of carbonyl (C=O) groups is 3. The molecule has 20 atom stereocenters. The van der Waals surface area contributed by atoms with Crippen LogP contribution in [0.5, 0.6) is 0 Å². The topological polar surface area (TPSA) is 341 Å². The Balaban J connectivity index is 1.61. The smallest absolute Gasteiger partial charge is 0.308 e. The maximum Gasteiger partial charge on any atom is 0.308 e. The lowest BCUT2D eigenvalue weighted by Gasteiger charge is -2.46. The lowest BCUT2D eigenvalue weighted by atomic mass is 9.82. The molecule has 4 heterocycles. The SMILES string of the molecule is C[C@@H]1[C@H](O)[C@@H](C)/C=C/C=C/C=C/C=C/C=C/C=C/C=C/[C@H](O[C@@H]2O[C@H](C)[C@@H](O)[C@H](N)[C@@H]2O)C[C@@H]2O[C@](O)(C[C@@H](O)C[C@@H](O)[C@H](O)CC[C@@H](O)C[C@@H](O)CC(=O)O[C@H]1C)C[C@H](O)[C@H]2C(=O)NCCC1CC(C)(C)NC1=O. The molecule has 4 rings (SSSR count). The van der Waals surface area contributed by atoms with Crippen molar-refractivity contribution in [1.82, 2.24) is 10.6 Å². The van der Waals surface area contributed by atoms with Crippen LogP contribution in [0.2, 0.25) is 0 Å². The number of fused-ring (bicyclic) bond motifs is 2. The molecule has 424 valence electrons. The van der Waals surface area contributed by atoms with Crippen molar-refractivity contribution in [2.75, 3.05) is 6.54 Å². The monoisotopic (exact) mass is 1060 g/mol. The number of aliphatic hydroxyl groups excluding tert-OH is 9. The van der Waals surface area contributed by atoms with Crippen molar-refractivity contribution < 1.29 is 84.4 Å². The molecule has 0 aromatic rings. The second-order valence-corrected chi connectivity index (χ2v) is 21.6. The summed E-state index contributed by atoms with van der Waals surface area (Å²) in [5.41, 5.74) is 5.72. The quantitative estimate of drug-likeness (QED) is 0.165. The second-order valence-electron chi connectivity index (χ2n) is 21.6. The zero-order valence-corrected chi connectivity index (χ0v) is 44.2. The van der Waals surface area contributed by atoms with Gasteiger partial charge >= 0.3 is 5.97 Å². The van der Waals surface area contributed by atoms with Gasteiger partial charge in [-0.1, -0.05) is 98.9 Å². The average Bonchev–Trinajstić information content (AvgIpc) is 3.59. The van der Waals surface area contributed by atoms with E-state index in [1.165, 1.54) is 0 Å². The van der Waals surface area contributed by atoms with E-state index >= 15 is 0 Å². The van der Waals surface area contributed by atoms with Crippen LogP contribution in [-0.2, 0) is 33.3 Å². The largest absolute Gasteiger partial charge is 0.462 e. The lowest BCUT2D eigenvalue weighted by Crippen LogP contribution is -2.62. The number of nitrogens with one attached hydrogen (secondary N) is 2. The van der Waals surface area contributed by atoms with E-state index < -0.39 is 152 Å². The van der Waals surface area contributed by atoms with E-state index in [2.05, 4.69) is 10.6 Å². The summed E-state index contributed by atoms with van der Waals surface area (Å²) >= 11 is 0. The van der Waals surface area contributed by atoms with E-state index in [4.69, 9.17) is 24.7 Å². The molecule has 0 radical (unpaired) electrons. The fourth-order valence-electron chi connectivity index (χ4n) is 9.91. The predicted octanol–water partition coefficient (Wildman–Crippen LogP) is 1.05. The number of carbonyl (C=O) groups excluding carboxylic acids is 3. The minimum Gasteiger partial charge on any atom is -0.462 e. The van der Waals surface area contributed by atoms with Crippen LogP contribution in [0.25, 0.3) is 0 Å². The van der Waals surface area contributed by atoms with Gasteiger partial charge in [-0.3, -0.25) is 14.4 Å². The fraction of sp³-hybridized carbons (Fsp3) is 0.691. The number of amides is 2. The molecule has 3 saturated heterocycles. The van der Waals surface area contributed by atoms with Gasteiger partial charge in [0.1, 0.15) is 12.2 Å². The molecule has 20 nitrogen and oxygen atoms in total. The van der Waals surface area contributed by atoms with Gasteiger partial charge in [-0.25, -0.2) is 0 Å². The van der Waals surface area contributed by atoms with E-state index in [1.54, 1.807) is 75.5 Å². The third-order valence-corrected chi connectivity index (χ3v) is 14.4.